The van der Waals surface area contributed by atoms with E-state index in [1.54, 1.807) is 14.2 Å². The van der Waals surface area contributed by atoms with Crippen LogP contribution in [0.2, 0.25) is 0 Å². The third-order valence-corrected chi connectivity index (χ3v) is 9.96. The maximum atomic E-state index is 5.70. The highest BCUT2D eigenvalue weighted by Crippen LogP contribution is 2.41. The van der Waals surface area contributed by atoms with Gasteiger partial charge >= 0.3 is 0 Å². The molecule has 7 rings (SSSR count). The minimum absolute atomic E-state index is 0.209. The summed E-state index contributed by atoms with van der Waals surface area (Å²) in [5, 5.41) is 13.7. The molecule has 0 amide bonds. The summed E-state index contributed by atoms with van der Waals surface area (Å²) in [6.45, 7) is 3.69. The van der Waals surface area contributed by atoms with Crippen molar-refractivity contribution in [2.24, 2.45) is 0 Å². The van der Waals surface area contributed by atoms with Gasteiger partial charge in [-0.05, 0) is 98.4 Å². The van der Waals surface area contributed by atoms with Gasteiger partial charge < -0.3 is 14.8 Å². The Balaban J connectivity index is 0.952. The molecule has 3 heterocycles. The van der Waals surface area contributed by atoms with E-state index in [1.807, 2.05) is 6.20 Å². The molecule has 2 aromatic heterocycles. The first-order valence-corrected chi connectivity index (χ1v) is 17.3. The maximum absolute atomic E-state index is 5.70. The van der Waals surface area contributed by atoms with E-state index in [-0.39, 0.29) is 6.04 Å². The first-order chi connectivity index (χ1) is 23.2. The lowest BCUT2D eigenvalue weighted by Crippen LogP contribution is -2.36. The van der Waals surface area contributed by atoms with Crippen molar-refractivity contribution in [2.75, 3.05) is 39.2 Å². The van der Waals surface area contributed by atoms with Crippen molar-refractivity contribution >= 4 is 16.6 Å². The molecule has 0 bridgehead atoms. The van der Waals surface area contributed by atoms with Crippen LogP contribution in [-0.4, -0.2) is 58.7 Å². The molecule has 5 aromatic rings. The molecule has 0 radical (unpaired) electrons. The van der Waals surface area contributed by atoms with Gasteiger partial charge in [-0.2, -0.15) is 0 Å². The molecule has 0 spiro atoms. The molecule has 8 nitrogen and oxygen atoms in total. The minimum atomic E-state index is 0.209. The summed E-state index contributed by atoms with van der Waals surface area (Å²) in [6.07, 6.45) is 12.0. The first kappa shape index (κ1) is 31.2. The average molecular weight is 631 g/mol. The monoisotopic (exact) mass is 630 g/mol. The van der Waals surface area contributed by atoms with Crippen molar-refractivity contribution < 1.29 is 9.47 Å². The molecule has 47 heavy (non-hydrogen) atoms. The van der Waals surface area contributed by atoms with Gasteiger partial charge in [0.25, 0.3) is 0 Å². The van der Waals surface area contributed by atoms with Gasteiger partial charge in [-0.15, -0.1) is 5.10 Å². The molecule has 1 aliphatic heterocycles. The third kappa shape index (κ3) is 6.70. The number of aryl methyl sites for hydroxylation is 2. The van der Waals surface area contributed by atoms with Crippen molar-refractivity contribution in [1.82, 2.24) is 24.9 Å². The number of pyridine rings is 1. The molecule has 1 atom stereocenters. The fourth-order valence-electron chi connectivity index (χ4n) is 7.58. The summed E-state index contributed by atoms with van der Waals surface area (Å²) in [5.74, 6) is 1.60. The van der Waals surface area contributed by atoms with Crippen LogP contribution in [0.25, 0.3) is 10.9 Å². The number of unbranched alkanes of at least 4 members (excludes halogenated alkanes) is 2. The van der Waals surface area contributed by atoms with Gasteiger partial charge in [0, 0.05) is 29.9 Å². The van der Waals surface area contributed by atoms with E-state index < -0.39 is 0 Å². The van der Waals surface area contributed by atoms with E-state index in [9.17, 15) is 0 Å². The van der Waals surface area contributed by atoms with Gasteiger partial charge in [-0.1, -0.05) is 60.2 Å². The lowest BCUT2D eigenvalue weighted by atomic mass is 9.87. The first-order valence-electron chi connectivity index (χ1n) is 17.3. The fraction of sp³-hybridized carbons (Fsp3) is 0.410. The predicted octanol–water partition coefficient (Wildman–Crippen LogP) is 7.19. The Morgan fingerprint density at radius 2 is 1.66 bits per heavy atom. The van der Waals surface area contributed by atoms with Crippen LogP contribution in [0.3, 0.4) is 0 Å². The van der Waals surface area contributed by atoms with Crippen LogP contribution >= 0.6 is 0 Å². The molecule has 2 aliphatic rings. The summed E-state index contributed by atoms with van der Waals surface area (Å²) < 4.78 is 13.4. The number of fused-ring (bicyclic) bond motifs is 3. The summed E-state index contributed by atoms with van der Waals surface area (Å²) in [4.78, 5) is 7.63. The van der Waals surface area contributed by atoms with Gasteiger partial charge in [0.1, 0.15) is 0 Å². The van der Waals surface area contributed by atoms with Crippen molar-refractivity contribution in [2.45, 2.75) is 70.4 Å². The number of ether oxygens (including phenoxy) is 2. The van der Waals surface area contributed by atoms with E-state index in [4.69, 9.17) is 14.5 Å². The Kier molecular flexibility index (Phi) is 9.65. The second-order valence-corrected chi connectivity index (χ2v) is 12.8. The van der Waals surface area contributed by atoms with Gasteiger partial charge in [-0.25, -0.2) is 4.68 Å². The van der Waals surface area contributed by atoms with Gasteiger partial charge in [-0.3, -0.25) is 9.88 Å². The van der Waals surface area contributed by atoms with Crippen LogP contribution in [0.15, 0.2) is 72.9 Å². The van der Waals surface area contributed by atoms with Gasteiger partial charge in [0.05, 0.1) is 44.2 Å². The highest BCUT2D eigenvalue weighted by molar-refractivity contribution is 5.93. The average Bonchev–Trinajstić information content (AvgIpc) is 3.57. The van der Waals surface area contributed by atoms with Crippen molar-refractivity contribution in [1.29, 1.82) is 0 Å². The summed E-state index contributed by atoms with van der Waals surface area (Å²) in [5.41, 5.74) is 10.2. The molecule has 1 N–H and O–H groups in total. The Morgan fingerprint density at radius 1 is 0.851 bits per heavy atom. The Bertz CT molecular complexity index is 1800. The zero-order valence-electron chi connectivity index (χ0n) is 27.8. The maximum Gasteiger partial charge on any atom is 0.161 e. The van der Waals surface area contributed by atoms with Crippen molar-refractivity contribution in [3.8, 4) is 11.5 Å². The van der Waals surface area contributed by atoms with Gasteiger partial charge in [0.15, 0.2) is 11.5 Å². The van der Waals surface area contributed by atoms with Gasteiger partial charge in [0.2, 0.25) is 0 Å². The SMILES string of the molecule is COc1cc2c(cc1OC)[C@H](c1ccccc1)N(CCCCCc1cnnn1CCNc1c3c(nc4ccccc14)CCCC3)CC2. The zero-order chi connectivity index (χ0) is 32.0. The lowest BCUT2D eigenvalue weighted by Gasteiger charge is -2.38. The van der Waals surface area contributed by atoms with Crippen LogP contribution in [0.5, 0.6) is 11.5 Å². The molecular formula is C39H46N6O2. The van der Waals surface area contributed by atoms with E-state index in [0.717, 1.165) is 88.1 Å². The number of aromatic nitrogens is 4. The van der Waals surface area contributed by atoms with Crippen molar-refractivity contribution in [3.63, 3.8) is 0 Å². The number of nitrogens with zero attached hydrogens (tertiary/aromatic N) is 5. The van der Waals surface area contributed by atoms with Crippen LogP contribution in [0, 0.1) is 0 Å². The smallest absolute Gasteiger partial charge is 0.161 e. The minimum Gasteiger partial charge on any atom is -0.493 e. The number of benzene rings is 3. The number of anilines is 1. The molecule has 0 saturated carbocycles. The molecule has 0 saturated heterocycles. The van der Waals surface area contributed by atoms with E-state index in [2.05, 4.69) is 91.9 Å². The zero-order valence-corrected chi connectivity index (χ0v) is 27.8. The van der Waals surface area contributed by atoms with Crippen LogP contribution in [-0.2, 0) is 32.2 Å². The summed E-state index contributed by atoms with van der Waals surface area (Å²) in [6, 6.07) is 24.0. The molecular weight excluding hydrogens is 584 g/mol. The second-order valence-electron chi connectivity index (χ2n) is 12.8. The third-order valence-electron chi connectivity index (χ3n) is 9.96. The Hall–Kier alpha value is -4.43. The number of nitrogens with one attached hydrogen (secondary N) is 1. The highest BCUT2D eigenvalue weighted by Gasteiger charge is 2.30. The molecule has 244 valence electrons. The quantitative estimate of drug-likeness (QED) is 0.138. The van der Waals surface area contributed by atoms with E-state index in [0.29, 0.717) is 0 Å². The normalized spacial score (nSPS) is 16.1. The summed E-state index contributed by atoms with van der Waals surface area (Å²) >= 11 is 0. The number of hydrogen-bond acceptors (Lipinski definition) is 7. The topological polar surface area (TPSA) is 77.3 Å². The second kappa shape index (κ2) is 14.6. The largest absolute Gasteiger partial charge is 0.493 e. The predicted molar refractivity (Wildman–Crippen MR) is 188 cm³/mol. The highest BCUT2D eigenvalue weighted by atomic mass is 16.5. The number of methoxy groups -OCH3 is 2. The van der Waals surface area contributed by atoms with Crippen LogP contribution in [0.1, 0.15) is 71.8 Å². The molecule has 0 unspecified atom stereocenters. The Labute approximate surface area is 278 Å². The summed E-state index contributed by atoms with van der Waals surface area (Å²) in [7, 11) is 3.43. The number of para-hydroxylation sites is 1. The van der Waals surface area contributed by atoms with Crippen LogP contribution < -0.4 is 14.8 Å². The van der Waals surface area contributed by atoms with Crippen molar-refractivity contribution in [3.05, 3.63) is 107 Å². The molecule has 3 aromatic carbocycles. The fourth-order valence-corrected chi connectivity index (χ4v) is 7.58. The number of hydrogen-bond donors (Lipinski definition) is 1. The van der Waals surface area contributed by atoms with Crippen LogP contribution in [0.4, 0.5) is 5.69 Å². The lowest BCUT2D eigenvalue weighted by molar-refractivity contribution is 0.207. The van der Waals surface area contributed by atoms with E-state index >= 15 is 0 Å². The van der Waals surface area contributed by atoms with E-state index in [1.165, 1.54) is 57.6 Å². The molecule has 1 aliphatic carbocycles. The Morgan fingerprint density at radius 3 is 2.53 bits per heavy atom. The molecule has 0 fully saturated rings. The number of rotatable bonds is 13. The standard InChI is InChI=1S/C39H46N6O2/c1-46-36-25-29-20-23-44(39(28-13-5-3-6-14-28)33(29)26-37(36)47-2)22-12-4-7-15-30-27-41-43-45(30)24-21-40-38-31-16-8-10-18-34(31)42-35-19-11-9-17-32(35)38/h3,5-6,8,10,13-14,16,18,25-27,39H,4,7,9,11-12,15,17,19-24H2,1-2H3,(H,40,42)/t39-/m0/s1. The molecule has 8 heteroatoms.